The summed E-state index contributed by atoms with van der Waals surface area (Å²) < 4.78 is 0. The minimum absolute atomic E-state index is 0.0927. The Morgan fingerprint density at radius 3 is 2.81 bits per heavy atom. The van der Waals surface area contributed by atoms with Crippen molar-refractivity contribution >= 4 is 17.8 Å². The van der Waals surface area contributed by atoms with Crippen LogP contribution in [0.25, 0.3) is 11.3 Å². The molecular formula is C19H21N5O2. The Morgan fingerprint density at radius 1 is 1.27 bits per heavy atom. The number of benzene rings is 1. The van der Waals surface area contributed by atoms with Gasteiger partial charge in [0, 0.05) is 38.3 Å². The van der Waals surface area contributed by atoms with Crippen LogP contribution in [0.3, 0.4) is 0 Å². The standard InChI is InChI=1S/C19H21N5O2/c1-23-15-11-24(8-7-13(15)9-16(23)25)18(26)14-10-21-19(20)22-17(14)12-5-3-2-4-6-12/h2-6,10,13,15H,7-9,11H2,1H3,(H2,20,21,22)/t13-,15-/m1/s1. The van der Waals surface area contributed by atoms with E-state index in [1.807, 2.05) is 37.4 Å². The highest BCUT2D eigenvalue weighted by Crippen LogP contribution is 2.32. The fraction of sp³-hybridized carbons (Fsp3) is 0.368. The fourth-order valence-corrected chi connectivity index (χ4v) is 3.93. The number of nitrogens with zero attached hydrogens (tertiary/aromatic N) is 4. The Balaban J connectivity index is 1.64. The van der Waals surface area contributed by atoms with Gasteiger partial charge >= 0.3 is 0 Å². The second-order valence-electron chi connectivity index (χ2n) is 6.93. The third-order valence-corrected chi connectivity index (χ3v) is 5.42. The maximum Gasteiger partial charge on any atom is 0.257 e. The summed E-state index contributed by atoms with van der Waals surface area (Å²) in [7, 11) is 1.82. The first kappa shape index (κ1) is 16.5. The minimum Gasteiger partial charge on any atom is -0.368 e. The Bertz CT molecular complexity index is 854. The van der Waals surface area contributed by atoms with Crippen LogP contribution in [0.15, 0.2) is 36.5 Å². The summed E-state index contributed by atoms with van der Waals surface area (Å²) in [5.74, 6) is 0.526. The molecular weight excluding hydrogens is 330 g/mol. The largest absolute Gasteiger partial charge is 0.368 e. The average Bonchev–Trinajstić information content (AvgIpc) is 2.95. The molecule has 4 rings (SSSR count). The van der Waals surface area contributed by atoms with Crippen molar-refractivity contribution in [1.82, 2.24) is 19.8 Å². The fourth-order valence-electron chi connectivity index (χ4n) is 3.93. The van der Waals surface area contributed by atoms with Crippen LogP contribution in [0.4, 0.5) is 5.95 Å². The van der Waals surface area contributed by atoms with Gasteiger partial charge in [-0.15, -0.1) is 0 Å². The van der Waals surface area contributed by atoms with E-state index in [-0.39, 0.29) is 23.8 Å². The Kier molecular flexibility index (Phi) is 4.06. The number of likely N-dealkylation sites (N-methyl/N-ethyl adjacent to an activating group) is 1. The summed E-state index contributed by atoms with van der Waals surface area (Å²) in [6.07, 6.45) is 2.93. The number of piperidine rings is 1. The van der Waals surface area contributed by atoms with Gasteiger partial charge in [-0.3, -0.25) is 9.59 Å². The van der Waals surface area contributed by atoms with Crippen LogP contribution in [-0.2, 0) is 4.79 Å². The SMILES string of the molecule is CN1C(=O)C[C@H]2CCN(C(=O)c3cnc(N)nc3-c3ccccc3)C[C@H]21. The van der Waals surface area contributed by atoms with Crippen molar-refractivity contribution in [3.8, 4) is 11.3 Å². The molecule has 2 aliphatic heterocycles. The first-order chi connectivity index (χ1) is 12.5. The summed E-state index contributed by atoms with van der Waals surface area (Å²) in [5, 5.41) is 0. The van der Waals surface area contributed by atoms with Gasteiger partial charge in [-0.1, -0.05) is 30.3 Å². The van der Waals surface area contributed by atoms with Gasteiger partial charge in [0.25, 0.3) is 5.91 Å². The van der Waals surface area contributed by atoms with E-state index in [0.29, 0.717) is 36.7 Å². The number of carbonyl (C=O) groups is 2. The second-order valence-corrected chi connectivity index (χ2v) is 6.93. The van der Waals surface area contributed by atoms with Gasteiger partial charge in [-0.25, -0.2) is 9.97 Å². The van der Waals surface area contributed by atoms with Crippen molar-refractivity contribution in [3.63, 3.8) is 0 Å². The van der Waals surface area contributed by atoms with Gasteiger partial charge in [0.1, 0.15) is 0 Å². The van der Waals surface area contributed by atoms with Crippen molar-refractivity contribution in [1.29, 1.82) is 0 Å². The van der Waals surface area contributed by atoms with Gasteiger partial charge in [0.2, 0.25) is 11.9 Å². The number of anilines is 1. The highest BCUT2D eigenvalue weighted by Gasteiger charge is 2.42. The molecule has 2 N–H and O–H groups in total. The number of amides is 2. The van der Waals surface area contributed by atoms with E-state index in [1.54, 1.807) is 9.80 Å². The second kappa shape index (κ2) is 6.40. The molecule has 2 saturated heterocycles. The molecule has 1 aromatic carbocycles. The lowest BCUT2D eigenvalue weighted by atomic mass is 9.91. The van der Waals surface area contributed by atoms with Crippen LogP contribution >= 0.6 is 0 Å². The Hall–Kier alpha value is -2.96. The third-order valence-electron chi connectivity index (χ3n) is 5.42. The maximum atomic E-state index is 13.2. The van der Waals surface area contributed by atoms with Gasteiger partial charge in [0.15, 0.2) is 0 Å². The smallest absolute Gasteiger partial charge is 0.257 e. The molecule has 2 atom stereocenters. The third kappa shape index (κ3) is 2.79. The monoisotopic (exact) mass is 351 g/mol. The highest BCUT2D eigenvalue weighted by molar-refractivity contribution is 6.00. The van der Waals surface area contributed by atoms with Crippen LogP contribution in [0.1, 0.15) is 23.2 Å². The summed E-state index contributed by atoms with van der Waals surface area (Å²) in [6, 6.07) is 9.59. The van der Waals surface area contributed by atoms with Crippen molar-refractivity contribution in [2.45, 2.75) is 18.9 Å². The number of aromatic nitrogens is 2. The van der Waals surface area contributed by atoms with E-state index in [0.717, 1.165) is 12.0 Å². The molecule has 7 nitrogen and oxygen atoms in total. The number of hydrogen-bond donors (Lipinski definition) is 1. The molecule has 134 valence electrons. The van der Waals surface area contributed by atoms with Gasteiger partial charge < -0.3 is 15.5 Å². The van der Waals surface area contributed by atoms with Gasteiger partial charge in [-0.05, 0) is 12.3 Å². The Morgan fingerprint density at radius 2 is 2.04 bits per heavy atom. The number of hydrogen-bond acceptors (Lipinski definition) is 5. The average molecular weight is 351 g/mol. The first-order valence-electron chi connectivity index (χ1n) is 8.77. The maximum absolute atomic E-state index is 13.2. The lowest BCUT2D eigenvalue weighted by Crippen LogP contribution is -2.49. The molecule has 7 heteroatoms. The van der Waals surface area contributed by atoms with Crippen LogP contribution in [-0.4, -0.2) is 57.8 Å². The zero-order valence-electron chi connectivity index (χ0n) is 14.6. The molecule has 0 unspecified atom stereocenters. The lowest BCUT2D eigenvalue weighted by Gasteiger charge is -2.37. The van der Waals surface area contributed by atoms with Crippen LogP contribution in [0.5, 0.6) is 0 Å². The van der Waals surface area contributed by atoms with Crippen molar-refractivity contribution in [2.24, 2.45) is 5.92 Å². The van der Waals surface area contributed by atoms with Crippen molar-refractivity contribution in [3.05, 3.63) is 42.1 Å². The normalized spacial score (nSPS) is 22.4. The summed E-state index contributed by atoms with van der Waals surface area (Å²) in [4.78, 5) is 37.1. The number of rotatable bonds is 2. The summed E-state index contributed by atoms with van der Waals surface area (Å²) >= 11 is 0. The van der Waals surface area contributed by atoms with Gasteiger partial charge in [0.05, 0.1) is 17.3 Å². The van der Waals surface area contributed by atoms with E-state index in [9.17, 15) is 9.59 Å². The van der Waals surface area contributed by atoms with Gasteiger partial charge in [-0.2, -0.15) is 0 Å². The Labute approximate surface area is 151 Å². The lowest BCUT2D eigenvalue weighted by molar-refractivity contribution is -0.127. The molecule has 1 aromatic heterocycles. The molecule has 0 radical (unpaired) electrons. The highest BCUT2D eigenvalue weighted by atomic mass is 16.2. The molecule has 2 aromatic rings. The minimum atomic E-state index is -0.116. The van der Waals surface area contributed by atoms with Crippen LogP contribution in [0, 0.1) is 5.92 Å². The van der Waals surface area contributed by atoms with E-state index < -0.39 is 0 Å². The molecule has 26 heavy (non-hydrogen) atoms. The van der Waals surface area contributed by atoms with E-state index in [2.05, 4.69) is 9.97 Å². The topological polar surface area (TPSA) is 92.4 Å². The van der Waals surface area contributed by atoms with Crippen molar-refractivity contribution < 1.29 is 9.59 Å². The van der Waals surface area contributed by atoms with E-state index >= 15 is 0 Å². The zero-order valence-corrected chi connectivity index (χ0v) is 14.6. The summed E-state index contributed by atoms with van der Waals surface area (Å²) in [5.41, 5.74) is 7.57. The number of likely N-dealkylation sites (tertiary alicyclic amines) is 2. The number of nitrogens with two attached hydrogens (primary N) is 1. The number of fused-ring (bicyclic) bond motifs is 1. The first-order valence-corrected chi connectivity index (χ1v) is 8.77. The van der Waals surface area contributed by atoms with Crippen LogP contribution in [0.2, 0.25) is 0 Å². The molecule has 0 aliphatic carbocycles. The van der Waals surface area contributed by atoms with E-state index in [4.69, 9.17) is 5.73 Å². The predicted molar refractivity (Wildman–Crippen MR) is 97.1 cm³/mol. The molecule has 2 aliphatic rings. The predicted octanol–water partition coefficient (Wildman–Crippen LogP) is 1.42. The van der Waals surface area contributed by atoms with Crippen LogP contribution < -0.4 is 5.73 Å². The number of nitrogen functional groups attached to an aromatic ring is 1. The van der Waals surface area contributed by atoms with E-state index in [1.165, 1.54) is 6.20 Å². The molecule has 0 bridgehead atoms. The molecule has 0 saturated carbocycles. The molecule has 3 heterocycles. The zero-order chi connectivity index (χ0) is 18.3. The number of carbonyl (C=O) groups excluding carboxylic acids is 2. The van der Waals surface area contributed by atoms with Crippen molar-refractivity contribution in [2.75, 3.05) is 25.9 Å². The molecule has 2 amide bonds. The molecule has 0 spiro atoms. The molecule has 2 fully saturated rings. The quantitative estimate of drug-likeness (QED) is 0.883. The summed E-state index contributed by atoms with van der Waals surface area (Å²) in [6.45, 7) is 1.18.